The molecule has 2 aromatic rings. The Hall–Kier alpha value is -2.57. The second-order valence-electron chi connectivity index (χ2n) is 5.69. The summed E-state index contributed by atoms with van der Waals surface area (Å²) in [5.41, 5.74) is 2.37. The molecule has 2 rings (SSSR count). The van der Waals surface area contributed by atoms with E-state index in [-0.39, 0.29) is 12.4 Å². The zero-order valence-electron chi connectivity index (χ0n) is 14.3. The summed E-state index contributed by atoms with van der Waals surface area (Å²) >= 11 is 0. The van der Waals surface area contributed by atoms with Crippen LogP contribution in [0.2, 0.25) is 0 Å². The van der Waals surface area contributed by atoms with Crippen LogP contribution in [0, 0.1) is 6.92 Å². The summed E-state index contributed by atoms with van der Waals surface area (Å²) < 4.78 is 10.9. The molecule has 0 saturated heterocycles. The standard InChI is InChI=1S/C19H23NO5/c1-13-3-7-15(8-4-13)20-19(23)25-18(17(24-2)11-12-21)14-5-9-16(22)10-6-14/h3-10,17-18,21-22H,11-12H2,1-2H3,(H,20,23)/t17-,18-/m0/s1. The first-order valence-corrected chi connectivity index (χ1v) is 8.00. The molecule has 1 amide bonds. The van der Waals surface area contributed by atoms with Crippen molar-refractivity contribution in [2.75, 3.05) is 19.0 Å². The minimum atomic E-state index is -0.719. The van der Waals surface area contributed by atoms with Gasteiger partial charge in [0.25, 0.3) is 0 Å². The Kier molecular flexibility index (Phi) is 6.80. The van der Waals surface area contributed by atoms with Gasteiger partial charge in [-0.2, -0.15) is 0 Å². The molecule has 0 aliphatic heterocycles. The highest BCUT2D eigenvalue weighted by molar-refractivity contribution is 5.84. The van der Waals surface area contributed by atoms with Crippen molar-refractivity contribution in [1.82, 2.24) is 0 Å². The van der Waals surface area contributed by atoms with E-state index in [0.717, 1.165) is 5.56 Å². The number of aliphatic hydroxyl groups is 1. The van der Waals surface area contributed by atoms with Gasteiger partial charge < -0.3 is 19.7 Å². The molecule has 134 valence electrons. The van der Waals surface area contributed by atoms with Crippen molar-refractivity contribution in [1.29, 1.82) is 0 Å². The maximum absolute atomic E-state index is 12.3. The normalized spacial score (nSPS) is 13.1. The van der Waals surface area contributed by atoms with Crippen LogP contribution < -0.4 is 5.32 Å². The first-order chi connectivity index (χ1) is 12.0. The average Bonchev–Trinajstić information content (AvgIpc) is 2.61. The molecule has 0 heterocycles. The summed E-state index contributed by atoms with van der Waals surface area (Å²) in [6.07, 6.45) is -1.55. The van der Waals surface area contributed by atoms with Crippen molar-refractivity contribution < 1.29 is 24.5 Å². The molecule has 0 saturated carbocycles. The Morgan fingerprint density at radius 2 is 1.76 bits per heavy atom. The highest BCUT2D eigenvalue weighted by Crippen LogP contribution is 2.27. The number of phenolic OH excluding ortho intramolecular Hbond substituents is 1. The molecule has 0 unspecified atom stereocenters. The van der Waals surface area contributed by atoms with E-state index >= 15 is 0 Å². The van der Waals surface area contributed by atoms with Gasteiger partial charge in [-0.05, 0) is 36.8 Å². The van der Waals surface area contributed by atoms with E-state index in [4.69, 9.17) is 9.47 Å². The van der Waals surface area contributed by atoms with Crippen LogP contribution in [0.5, 0.6) is 5.75 Å². The van der Waals surface area contributed by atoms with Crippen LogP contribution in [0.15, 0.2) is 48.5 Å². The van der Waals surface area contributed by atoms with Crippen LogP contribution >= 0.6 is 0 Å². The average molecular weight is 345 g/mol. The zero-order chi connectivity index (χ0) is 18.2. The van der Waals surface area contributed by atoms with Gasteiger partial charge in [0.1, 0.15) is 11.9 Å². The van der Waals surface area contributed by atoms with Gasteiger partial charge in [-0.15, -0.1) is 0 Å². The van der Waals surface area contributed by atoms with Crippen molar-refractivity contribution in [2.24, 2.45) is 0 Å². The molecule has 25 heavy (non-hydrogen) atoms. The number of aryl methyl sites for hydroxylation is 1. The van der Waals surface area contributed by atoms with Gasteiger partial charge in [0, 0.05) is 25.8 Å². The van der Waals surface area contributed by atoms with Gasteiger partial charge >= 0.3 is 6.09 Å². The number of phenols is 1. The Morgan fingerprint density at radius 3 is 2.32 bits per heavy atom. The summed E-state index contributed by atoms with van der Waals surface area (Å²) in [6, 6.07) is 13.7. The van der Waals surface area contributed by atoms with Crippen LogP contribution in [0.25, 0.3) is 0 Å². The molecule has 0 fully saturated rings. The van der Waals surface area contributed by atoms with E-state index in [1.54, 1.807) is 24.3 Å². The number of hydrogen-bond acceptors (Lipinski definition) is 5. The molecule has 0 aliphatic rings. The number of nitrogens with one attached hydrogen (secondary N) is 1. The summed E-state index contributed by atoms with van der Waals surface area (Å²) in [5, 5.41) is 21.3. The van der Waals surface area contributed by atoms with Gasteiger partial charge in [0.15, 0.2) is 6.10 Å². The number of benzene rings is 2. The van der Waals surface area contributed by atoms with E-state index in [2.05, 4.69) is 5.32 Å². The number of carbonyl (C=O) groups is 1. The predicted molar refractivity (Wildman–Crippen MR) is 94.6 cm³/mol. The number of rotatable bonds is 7. The van der Waals surface area contributed by atoms with Crippen molar-refractivity contribution >= 4 is 11.8 Å². The van der Waals surface area contributed by atoms with Crippen molar-refractivity contribution in [3.8, 4) is 5.75 Å². The third-order valence-electron chi connectivity index (χ3n) is 3.81. The Bertz CT molecular complexity index is 669. The maximum Gasteiger partial charge on any atom is 0.412 e. The summed E-state index contributed by atoms with van der Waals surface area (Å²) in [5.74, 6) is 0.114. The number of ether oxygens (including phenoxy) is 2. The highest BCUT2D eigenvalue weighted by Gasteiger charge is 2.27. The fourth-order valence-corrected chi connectivity index (χ4v) is 2.44. The lowest BCUT2D eigenvalue weighted by molar-refractivity contribution is -0.0306. The molecule has 0 aromatic heterocycles. The van der Waals surface area contributed by atoms with Gasteiger partial charge in [-0.25, -0.2) is 4.79 Å². The molecular weight excluding hydrogens is 322 g/mol. The second kappa shape index (κ2) is 9.05. The number of amides is 1. The zero-order valence-corrected chi connectivity index (χ0v) is 14.3. The van der Waals surface area contributed by atoms with Crippen molar-refractivity contribution in [3.63, 3.8) is 0 Å². The summed E-state index contributed by atoms with van der Waals surface area (Å²) in [4.78, 5) is 12.3. The number of aliphatic hydroxyl groups excluding tert-OH is 1. The maximum atomic E-state index is 12.3. The van der Waals surface area contributed by atoms with Crippen LogP contribution in [-0.2, 0) is 9.47 Å². The van der Waals surface area contributed by atoms with Gasteiger partial charge in [0.05, 0.1) is 0 Å². The highest BCUT2D eigenvalue weighted by atomic mass is 16.6. The molecule has 0 aliphatic carbocycles. The second-order valence-corrected chi connectivity index (χ2v) is 5.69. The quantitative estimate of drug-likeness (QED) is 0.716. The fourth-order valence-electron chi connectivity index (χ4n) is 2.44. The number of carbonyl (C=O) groups excluding carboxylic acids is 1. The fraction of sp³-hybridized carbons (Fsp3) is 0.316. The Morgan fingerprint density at radius 1 is 1.12 bits per heavy atom. The lowest BCUT2D eigenvalue weighted by Gasteiger charge is -2.26. The van der Waals surface area contributed by atoms with E-state index in [1.807, 2.05) is 19.1 Å². The molecular formula is C19H23NO5. The third-order valence-corrected chi connectivity index (χ3v) is 3.81. The van der Waals surface area contributed by atoms with E-state index in [1.165, 1.54) is 19.2 Å². The first-order valence-electron chi connectivity index (χ1n) is 8.00. The van der Waals surface area contributed by atoms with Crippen LogP contribution in [0.1, 0.15) is 23.7 Å². The van der Waals surface area contributed by atoms with Crippen LogP contribution in [-0.4, -0.2) is 36.1 Å². The molecule has 3 N–H and O–H groups in total. The van der Waals surface area contributed by atoms with E-state index < -0.39 is 18.3 Å². The molecule has 6 nitrogen and oxygen atoms in total. The lowest BCUT2D eigenvalue weighted by Crippen LogP contribution is -2.28. The smallest absolute Gasteiger partial charge is 0.412 e. The molecule has 0 spiro atoms. The molecule has 0 bridgehead atoms. The number of aromatic hydroxyl groups is 1. The van der Waals surface area contributed by atoms with Crippen molar-refractivity contribution in [3.05, 3.63) is 59.7 Å². The number of anilines is 1. The molecule has 2 aromatic carbocycles. The summed E-state index contributed by atoms with van der Waals surface area (Å²) in [7, 11) is 1.50. The number of hydrogen-bond donors (Lipinski definition) is 3. The monoisotopic (exact) mass is 345 g/mol. The molecule has 2 atom stereocenters. The topological polar surface area (TPSA) is 88.0 Å². The Labute approximate surface area is 147 Å². The largest absolute Gasteiger partial charge is 0.508 e. The molecule has 0 radical (unpaired) electrons. The molecule has 6 heteroatoms. The van der Waals surface area contributed by atoms with E-state index in [9.17, 15) is 15.0 Å². The summed E-state index contributed by atoms with van der Waals surface area (Å²) in [6.45, 7) is 1.86. The van der Waals surface area contributed by atoms with Gasteiger partial charge in [-0.1, -0.05) is 29.8 Å². The predicted octanol–water partition coefficient (Wildman–Crippen LogP) is 3.39. The van der Waals surface area contributed by atoms with Crippen LogP contribution in [0.3, 0.4) is 0 Å². The SMILES string of the molecule is CO[C@@H](CCO)[C@@H](OC(=O)Nc1ccc(C)cc1)c1ccc(O)cc1. The minimum Gasteiger partial charge on any atom is -0.508 e. The number of methoxy groups -OCH3 is 1. The van der Waals surface area contributed by atoms with Crippen molar-refractivity contribution in [2.45, 2.75) is 25.6 Å². The lowest BCUT2D eigenvalue weighted by atomic mass is 10.0. The van der Waals surface area contributed by atoms with Crippen LogP contribution in [0.4, 0.5) is 10.5 Å². The Balaban J connectivity index is 2.15. The van der Waals surface area contributed by atoms with Gasteiger partial charge in [-0.3, -0.25) is 5.32 Å². The first kappa shape index (κ1) is 18.8. The minimum absolute atomic E-state index is 0.101. The third kappa shape index (κ3) is 5.48. The van der Waals surface area contributed by atoms with Gasteiger partial charge in [0.2, 0.25) is 0 Å². The van der Waals surface area contributed by atoms with E-state index in [0.29, 0.717) is 17.7 Å².